The number of rotatable bonds is 8. The largest absolute Gasteiger partial charge is 0.495 e. The highest BCUT2D eigenvalue weighted by Crippen LogP contribution is 2.30. The molecule has 0 saturated heterocycles. The summed E-state index contributed by atoms with van der Waals surface area (Å²) in [6, 6.07) is 3.53. The Morgan fingerprint density at radius 2 is 2.09 bits per heavy atom. The molecule has 128 valence electrons. The maximum atomic E-state index is 12.4. The number of thioether (sulfide) groups is 1. The van der Waals surface area contributed by atoms with Crippen LogP contribution in [0.1, 0.15) is 25.7 Å². The SMILES string of the molecule is COc1ccc([N+](=O)[O-])cc1S(=O)(=O)NCCSC1CCCC1. The first-order valence-electron chi connectivity index (χ1n) is 7.38. The first-order valence-corrected chi connectivity index (χ1v) is 9.91. The fourth-order valence-corrected chi connectivity index (χ4v) is 5.09. The lowest BCUT2D eigenvalue weighted by molar-refractivity contribution is -0.385. The van der Waals surface area contributed by atoms with E-state index in [0.29, 0.717) is 11.0 Å². The van der Waals surface area contributed by atoms with Gasteiger partial charge in [-0.2, -0.15) is 11.8 Å². The van der Waals surface area contributed by atoms with Crippen molar-refractivity contribution in [3.05, 3.63) is 28.3 Å². The lowest BCUT2D eigenvalue weighted by atomic mass is 10.3. The van der Waals surface area contributed by atoms with E-state index < -0.39 is 14.9 Å². The van der Waals surface area contributed by atoms with Gasteiger partial charge in [-0.1, -0.05) is 12.8 Å². The quantitative estimate of drug-likeness (QED) is 0.434. The van der Waals surface area contributed by atoms with Gasteiger partial charge in [0.25, 0.3) is 5.69 Å². The summed E-state index contributed by atoms with van der Waals surface area (Å²) in [5, 5.41) is 11.5. The molecule has 1 aliphatic carbocycles. The van der Waals surface area contributed by atoms with Gasteiger partial charge in [0.1, 0.15) is 10.6 Å². The van der Waals surface area contributed by atoms with Gasteiger partial charge < -0.3 is 4.74 Å². The smallest absolute Gasteiger partial charge is 0.271 e. The molecule has 1 fully saturated rings. The molecule has 1 aromatic rings. The van der Waals surface area contributed by atoms with Gasteiger partial charge in [0.2, 0.25) is 10.0 Å². The predicted molar refractivity (Wildman–Crippen MR) is 89.6 cm³/mol. The number of non-ortho nitro benzene ring substituents is 1. The minimum atomic E-state index is -3.85. The molecule has 23 heavy (non-hydrogen) atoms. The number of ether oxygens (including phenoxy) is 1. The molecule has 0 atom stereocenters. The Bertz CT molecular complexity index is 657. The van der Waals surface area contributed by atoms with Crippen molar-refractivity contribution in [2.45, 2.75) is 35.8 Å². The maximum Gasteiger partial charge on any atom is 0.271 e. The van der Waals surface area contributed by atoms with Crippen LogP contribution >= 0.6 is 11.8 Å². The second-order valence-corrected chi connectivity index (χ2v) is 8.41. The summed E-state index contributed by atoms with van der Waals surface area (Å²) in [5.41, 5.74) is -0.286. The minimum absolute atomic E-state index is 0.0894. The van der Waals surface area contributed by atoms with E-state index in [9.17, 15) is 18.5 Å². The number of methoxy groups -OCH3 is 1. The molecule has 9 heteroatoms. The van der Waals surface area contributed by atoms with E-state index in [1.807, 2.05) is 0 Å². The van der Waals surface area contributed by atoms with Crippen molar-refractivity contribution in [2.75, 3.05) is 19.4 Å². The van der Waals surface area contributed by atoms with Crippen LogP contribution < -0.4 is 9.46 Å². The average Bonchev–Trinajstić information content (AvgIpc) is 3.04. The second kappa shape index (κ2) is 7.98. The van der Waals surface area contributed by atoms with Crippen LogP contribution in [0.15, 0.2) is 23.1 Å². The molecule has 1 N–H and O–H groups in total. The number of hydrogen-bond donors (Lipinski definition) is 1. The van der Waals surface area contributed by atoms with Crippen molar-refractivity contribution in [1.82, 2.24) is 4.72 Å². The van der Waals surface area contributed by atoms with E-state index in [4.69, 9.17) is 4.74 Å². The van der Waals surface area contributed by atoms with Crippen molar-refractivity contribution in [3.8, 4) is 5.75 Å². The summed E-state index contributed by atoms with van der Waals surface area (Å²) >= 11 is 1.77. The Balaban J connectivity index is 2.02. The Morgan fingerprint density at radius 3 is 2.70 bits per heavy atom. The van der Waals surface area contributed by atoms with Gasteiger partial charge in [-0.15, -0.1) is 0 Å². The van der Waals surface area contributed by atoms with Gasteiger partial charge in [-0.25, -0.2) is 13.1 Å². The van der Waals surface area contributed by atoms with E-state index in [0.717, 1.165) is 6.07 Å². The van der Waals surface area contributed by atoms with Crippen molar-refractivity contribution >= 4 is 27.5 Å². The zero-order chi connectivity index (χ0) is 16.9. The topological polar surface area (TPSA) is 98.5 Å². The molecule has 7 nitrogen and oxygen atoms in total. The number of sulfonamides is 1. The summed E-state index contributed by atoms with van der Waals surface area (Å²) in [5.74, 6) is 0.771. The molecular formula is C14H20N2O5S2. The van der Waals surface area contributed by atoms with Gasteiger partial charge in [-0.05, 0) is 18.9 Å². The van der Waals surface area contributed by atoms with Crippen molar-refractivity contribution in [3.63, 3.8) is 0 Å². The van der Waals surface area contributed by atoms with E-state index in [1.165, 1.54) is 44.9 Å². The third-order valence-corrected chi connectivity index (χ3v) is 6.56. The maximum absolute atomic E-state index is 12.4. The lowest BCUT2D eigenvalue weighted by Crippen LogP contribution is -2.27. The highest BCUT2D eigenvalue weighted by Gasteiger charge is 2.23. The third kappa shape index (κ3) is 4.82. The first kappa shape index (κ1) is 18.0. The van der Waals surface area contributed by atoms with Crippen molar-refractivity contribution < 1.29 is 18.1 Å². The van der Waals surface area contributed by atoms with Crippen LogP contribution in [-0.4, -0.2) is 38.0 Å². The lowest BCUT2D eigenvalue weighted by Gasteiger charge is -2.12. The number of hydrogen-bond acceptors (Lipinski definition) is 6. The summed E-state index contributed by atoms with van der Waals surface area (Å²) in [6.07, 6.45) is 4.87. The van der Waals surface area contributed by atoms with E-state index in [-0.39, 0.29) is 22.9 Å². The highest BCUT2D eigenvalue weighted by molar-refractivity contribution is 8.00. The van der Waals surface area contributed by atoms with Crippen LogP contribution in [-0.2, 0) is 10.0 Å². The number of benzene rings is 1. The Kier molecular flexibility index (Phi) is 6.25. The van der Waals surface area contributed by atoms with Gasteiger partial charge in [0, 0.05) is 29.7 Å². The normalized spacial score (nSPS) is 15.7. The van der Waals surface area contributed by atoms with E-state index >= 15 is 0 Å². The molecule has 2 rings (SSSR count). The van der Waals surface area contributed by atoms with Crippen LogP contribution in [0.25, 0.3) is 0 Å². The molecule has 1 aromatic carbocycles. The average molecular weight is 360 g/mol. The van der Waals surface area contributed by atoms with E-state index in [2.05, 4.69) is 4.72 Å². The molecule has 0 aromatic heterocycles. The third-order valence-electron chi connectivity index (χ3n) is 3.70. The van der Waals surface area contributed by atoms with Gasteiger partial charge in [-0.3, -0.25) is 10.1 Å². The summed E-state index contributed by atoms with van der Waals surface area (Å²) in [6.45, 7) is 0.287. The van der Waals surface area contributed by atoms with Crippen molar-refractivity contribution in [2.24, 2.45) is 0 Å². The molecular weight excluding hydrogens is 340 g/mol. The number of nitro groups is 1. The van der Waals surface area contributed by atoms with E-state index in [1.54, 1.807) is 11.8 Å². The van der Waals surface area contributed by atoms with Crippen LogP contribution in [0.4, 0.5) is 5.69 Å². The van der Waals surface area contributed by atoms with Crippen LogP contribution in [0.3, 0.4) is 0 Å². The second-order valence-electron chi connectivity index (χ2n) is 5.27. The van der Waals surface area contributed by atoms with Crippen LogP contribution in [0, 0.1) is 10.1 Å². The molecule has 0 spiro atoms. The number of nitro benzene ring substituents is 1. The zero-order valence-corrected chi connectivity index (χ0v) is 14.5. The molecule has 0 unspecified atom stereocenters. The fourth-order valence-electron chi connectivity index (χ4n) is 2.52. The predicted octanol–water partition coefficient (Wildman–Crippen LogP) is 2.56. The van der Waals surface area contributed by atoms with Crippen LogP contribution in [0.2, 0.25) is 0 Å². The summed E-state index contributed by atoms with van der Waals surface area (Å²) in [4.78, 5) is 9.99. The van der Waals surface area contributed by atoms with Crippen molar-refractivity contribution in [1.29, 1.82) is 0 Å². The first-order chi connectivity index (χ1) is 10.9. The molecule has 0 heterocycles. The summed E-state index contributed by atoms with van der Waals surface area (Å²) < 4.78 is 32.2. The van der Waals surface area contributed by atoms with Gasteiger partial charge in [0.15, 0.2) is 0 Å². The van der Waals surface area contributed by atoms with Crippen LogP contribution in [0.5, 0.6) is 5.75 Å². The fraction of sp³-hybridized carbons (Fsp3) is 0.571. The number of nitrogens with zero attached hydrogens (tertiary/aromatic N) is 1. The minimum Gasteiger partial charge on any atom is -0.495 e. The monoisotopic (exact) mass is 360 g/mol. The molecule has 1 aliphatic rings. The standard InChI is InChI=1S/C14H20N2O5S2/c1-21-13-7-6-11(16(17)18)10-14(13)23(19,20)15-8-9-22-12-4-2-3-5-12/h6-7,10,12,15H,2-5,8-9H2,1H3. The van der Waals surface area contributed by atoms with Gasteiger partial charge >= 0.3 is 0 Å². The molecule has 0 radical (unpaired) electrons. The molecule has 0 aliphatic heterocycles. The number of nitrogens with one attached hydrogen (secondary N) is 1. The highest BCUT2D eigenvalue weighted by atomic mass is 32.2. The Morgan fingerprint density at radius 1 is 1.39 bits per heavy atom. The molecule has 0 bridgehead atoms. The zero-order valence-electron chi connectivity index (χ0n) is 12.9. The molecule has 0 amide bonds. The van der Waals surface area contributed by atoms with Gasteiger partial charge in [0.05, 0.1) is 12.0 Å². The summed E-state index contributed by atoms with van der Waals surface area (Å²) in [7, 11) is -2.52. The molecule has 1 saturated carbocycles. The Hall–Kier alpha value is -1.32. The Labute approximate surface area is 140 Å².